The van der Waals surface area contributed by atoms with Gasteiger partial charge in [0, 0.05) is 6.54 Å². The summed E-state index contributed by atoms with van der Waals surface area (Å²) in [4.78, 5) is 37.9. The van der Waals surface area contributed by atoms with Crippen LogP contribution in [0.5, 0.6) is 0 Å². The Morgan fingerprint density at radius 3 is 2.03 bits per heavy atom. The molecule has 0 saturated heterocycles. The van der Waals surface area contributed by atoms with Crippen LogP contribution in [-0.2, 0) is 25.7 Å². The molecule has 182 valence electrons. The van der Waals surface area contributed by atoms with Crippen molar-refractivity contribution in [3.63, 3.8) is 0 Å². The lowest BCUT2D eigenvalue weighted by atomic mass is 10.0. The summed E-state index contributed by atoms with van der Waals surface area (Å²) in [6.45, 7) is 1.15. The van der Waals surface area contributed by atoms with Crippen molar-refractivity contribution in [2.75, 3.05) is 11.9 Å². The van der Waals surface area contributed by atoms with Gasteiger partial charge in [0.2, 0.25) is 11.8 Å². The second-order valence-electron chi connectivity index (χ2n) is 7.85. The van der Waals surface area contributed by atoms with Crippen LogP contribution in [0.2, 0.25) is 10.0 Å². The number of nitrogens with one attached hydrogen (secondary N) is 2. The van der Waals surface area contributed by atoms with E-state index in [4.69, 9.17) is 33.7 Å². The Bertz CT molecular complexity index is 1160. The number of benzene rings is 3. The molecule has 0 spiro atoms. The fraction of sp³-hybridized carbons (Fsp3) is 0.192. The molecule has 0 heterocycles. The van der Waals surface area contributed by atoms with Gasteiger partial charge < -0.3 is 21.1 Å². The molecule has 3 aromatic rings. The van der Waals surface area contributed by atoms with E-state index in [9.17, 15) is 14.4 Å². The van der Waals surface area contributed by atoms with Gasteiger partial charge in [0.05, 0.1) is 21.8 Å². The van der Waals surface area contributed by atoms with Gasteiger partial charge in [-0.15, -0.1) is 0 Å². The molecule has 35 heavy (non-hydrogen) atoms. The molecule has 4 N–H and O–H groups in total. The number of nitrogens with two attached hydrogens (primary N) is 1. The number of carbonyl (C=O) groups excluding carboxylic acids is 3. The monoisotopic (exact) mass is 513 g/mol. The van der Waals surface area contributed by atoms with Gasteiger partial charge in [0.25, 0.3) is 0 Å². The van der Waals surface area contributed by atoms with Crippen molar-refractivity contribution in [3.05, 3.63) is 88.4 Å². The standard InChI is InChI=1S/C26H25Cl2N3O4/c1-16(29)24(32)30-14-20(26(34)35-15-17-8-4-2-5-9-17)25(33)31-23-21(27)12-19(13-22(23)28)18-10-6-3-7-11-18/h2-13,16,20H,14-15,29H2,1H3,(H,30,32)(H,31,33)/t16-,20-/m0/s1. The highest BCUT2D eigenvalue weighted by Gasteiger charge is 2.30. The quantitative estimate of drug-likeness (QED) is 0.289. The third kappa shape index (κ3) is 7.29. The molecule has 0 saturated carbocycles. The van der Waals surface area contributed by atoms with E-state index in [2.05, 4.69) is 10.6 Å². The summed E-state index contributed by atoms with van der Waals surface area (Å²) in [7, 11) is 0. The first-order valence-corrected chi connectivity index (χ1v) is 11.6. The second-order valence-corrected chi connectivity index (χ2v) is 8.66. The van der Waals surface area contributed by atoms with Gasteiger partial charge in [-0.1, -0.05) is 83.9 Å². The van der Waals surface area contributed by atoms with Gasteiger partial charge in [-0.3, -0.25) is 14.4 Å². The average molecular weight is 514 g/mol. The Morgan fingerprint density at radius 1 is 0.886 bits per heavy atom. The molecule has 0 aromatic heterocycles. The van der Waals surface area contributed by atoms with Crippen LogP contribution in [0.4, 0.5) is 5.69 Å². The van der Waals surface area contributed by atoms with Crippen LogP contribution in [-0.4, -0.2) is 30.4 Å². The third-order valence-electron chi connectivity index (χ3n) is 5.12. The second kappa shape index (κ2) is 12.4. The minimum atomic E-state index is -1.36. The van der Waals surface area contributed by atoms with Crippen LogP contribution < -0.4 is 16.4 Å². The Labute approximate surface area is 213 Å². The number of ether oxygens (including phenoxy) is 1. The Hall–Kier alpha value is -3.39. The molecule has 0 radical (unpaired) electrons. The number of hydrogen-bond acceptors (Lipinski definition) is 5. The Balaban J connectivity index is 1.78. The molecular weight excluding hydrogens is 489 g/mol. The molecule has 0 fully saturated rings. The lowest BCUT2D eigenvalue weighted by molar-refractivity contribution is -0.152. The fourth-order valence-corrected chi connectivity index (χ4v) is 3.76. The molecule has 0 aliphatic rings. The van der Waals surface area contributed by atoms with Gasteiger partial charge in [0.15, 0.2) is 5.92 Å². The summed E-state index contributed by atoms with van der Waals surface area (Å²) in [5, 5.41) is 5.49. The van der Waals surface area contributed by atoms with Crippen LogP contribution in [0.15, 0.2) is 72.8 Å². The SMILES string of the molecule is C[C@H](N)C(=O)NC[C@@H](C(=O)Nc1c(Cl)cc(-c2ccccc2)cc1Cl)C(=O)OCc1ccccc1. The van der Waals surface area contributed by atoms with Crippen LogP contribution >= 0.6 is 23.2 Å². The third-order valence-corrected chi connectivity index (χ3v) is 5.71. The van der Waals surface area contributed by atoms with Crippen molar-refractivity contribution in [2.24, 2.45) is 11.7 Å². The van der Waals surface area contributed by atoms with Gasteiger partial charge in [-0.05, 0) is 35.7 Å². The van der Waals surface area contributed by atoms with E-state index in [0.29, 0.717) is 0 Å². The number of esters is 1. The van der Waals surface area contributed by atoms with Crippen LogP contribution in [0, 0.1) is 5.92 Å². The summed E-state index contributed by atoms with van der Waals surface area (Å²) in [5.74, 6) is -3.42. The number of anilines is 1. The number of amides is 2. The molecule has 2 amide bonds. The lowest BCUT2D eigenvalue weighted by Crippen LogP contribution is -2.45. The molecular formula is C26H25Cl2N3O4. The molecule has 2 atom stereocenters. The first-order valence-electron chi connectivity index (χ1n) is 10.9. The van der Waals surface area contributed by atoms with Crippen LogP contribution in [0.1, 0.15) is 12.5 Å². The van der Waals surface area contributed by atoms with Gasteiger partial charge >= 0.3 is 5.97 Å². The average Bonchev–Trinajstić information content (AvgIpc) is 2.85. The molecule has 3 rings (SSSR count). The molecule has 0 aliphatic carbocycles. The Kier molecular flexibility index (Phi) is 9.25. The minimum absolute atomic E-state index is 0.0298. The zero-order chi connectivity index (χ0) is 25.4. The van der Waals surface area contributed by atoms with E-state index >= 15 is 0 Å². The Morgan fingerprint density at radius 2 is 1.46 bits per heavy atom. The van der Waals surface area contributed by atoms with E-state index < -0.39 is 29.7 Å². The highest BCUT2D eigenvalue weighted by molar-refractivity contribution is 6.40. The molecule has 3 aromatic carbocycles. The largest absolute Gasteiger partial charge is 0.460 e. The zero-order valence-electron chi connectivity index (χ0n) is 19.0. The summed E-state index contributed by atoms with van der Waals surface area (Å²) in [5.41, 5.74) is 8.14. The maximum Gasteiger partial charge on any atom is 0.320 e. The smallest absolute Gasteiger partial charge is 0.320 e. The summed E-state index contributed by atoms with van der Waals surface area (Å²) >= 11 is 12.8. The van der Waals surface area contributed by atoms with Crippen LogP contribution in [0.25, 0.3) is 11.1 Å². The van der Waals surface area contributed by atoms with E-state index in [1.165, 1.54) is 6.92 Å². The molecule has 0 aliphatic heterocycles. The van der Waals surface area contributed by atoms with Gasteiger partial charge in [-0.2, -0.15) is 0 Å². The first kappa shape index (κ1) is 26.2. The molecule has 7 nitrogen and oxygen atoms in total. The van der Waals surface area contributed by atoms with E-state index in [1.54, 1.807) is 36.4 Å². The summed E-state index contributed by atoms with van der Waals surface area (Å²) in [6, 6.07) is 21.0. The van der Waals surface area contributed by atoms with Crippen molar-refractivity contribution >= 4 is 46.7 Å². The fourth-order valence-electron chi connectivity index (χ4n) is 3.18. The van der Waals surface area contributed by atoms with Crippen molar-refractivity contribution in [1.29, 1.82) is 0 Å². The molecule has 9 heteroatoms. The normalized spacial score (nSPS) is 12.3. The predicted octanol–water partition coefficient (Wildman–Crippen LogP) is 4.42. The maximum absolute atomic E-state index is 13.1. The number of rotatable bonds is 9. The molecule has 0 unspecified atom stereocenters. The number of carbonyl (C=O) groups is 3. The van der Waals surface area contributed by atoms with Crippen molar-refractivity contribution in [3.8, 4) is 11.1 Å². The van der Waals surface area contributed by atoms with E-state index in [0.717, 1.165) is 16.7 Å². The van der Waals surface area contributed by atoms with Crippen molar-refractivity contribution in [2.45, 2.75) is 19.6 Å². The number of hydrogen-bond donors (Lipinski definition) is 3. The highest BCUT2D eigenvalue weighted by atomic mass is 35.5. The minimum Gasteiger partial charge on any atom is -0.460 e. The maximum atomic E-state index is 13.1. The van der Waals surface area contributed by atoms with E-state index in [1.807, 2.05) is 36.4 Å². The van der Waals surface area contributed by atoms with E-state index in [-0.39, 0.29) is 28.9 Å². The molecule has 0 bridgehead atoms. The highest BCUT2D eigenvalue weighted by Crippen LogP contribution is 2.36. The van der Waals surface area contributed by atoms with Crippen molar-refractivity contribution in [1.82, 2.24) is 5.32 Å². The lowest BCUT2D eigenvalue weighted by Gasteiger charge is -2.19. The number of halogens is 2. The van der Waals surface area contributed by atoms with Gasteiger partial charge in [-0.25, -0.2) is 0 Å². The zero-order valence-corrected chi connectivity index (χ0v) is 20.5. The predicted molar refractivity (Wildman–Crippen MR) is 137 cm³/mol. The summed E-state index contributed by atoms with van der Waals surface area (Å²) in [6.07, 6.45) is 0. The topological polar surface area (TPSA) is 111 Å². The first-order chi connectivity index (χ1) is 16.8. The van der Waals surface area contributed by atoms with Crippen molar-refractivity contribution < 1.29 is 19.1 Å². The van der Waals surface area contributed by atoms with Crippen LogP contribution in [0.3, 0.4) is 0 Å². The summed E-state index contributed by atoms with van der Waals surface area (Å²) < 4.78 is 5.33. The van der Waals surface area contributed by atoms with Gasteiger partial charge in [0.1, 0.15) is 6.61 Å².